The third-order valence-corrected chi connectivity index (χ3v) is 4.53. The molecule has 0 bridgehead atoms. The maximum Gasteiger partial charge on any atom is 0.161 e. The van der Waals surface area contributed by atoms with Crippen molar-refractivity contribution in [2.45, 2.75) is 44.8 Å². The van der Waals surface area contributed by atoms with Gasteiger partial charge in [-0.15, -0.1) is 0 Å². The maximum absolute atomic E-state index is 9.74. The van der Waals surface area contributed by atoms with Crippen molar-refractivity contribution in [3.05, 3.63) is 23.8 Å². The molecule has 3 atom stereocenters. The van der Waals surface area contributed by atoms with Gasteiger partial charge in [0.2, 0.25) is 0 Å². The summed E-state index contributed by atoms with van der Waals surface area (Å²) in [4.78, 5) is 0. The number of benzene rings is 1. The minimum atomic E-state index is -0.102. The van der Waals surface area contributed by atoms with E-state index in [1.54, 1.807) is 0 Å². The number of aliphatic hydroxyl groups is 1. The van der Waals surface area contributed by atoms with Crippen molar-refractivity contribution < 1.29 is 14.6 Å². The predicted molar refractivity (Wildman–Crippen MR) is 81.8 cm³/mol. The Labute approximate surface area is 126 Å². The Morgan fingerprint density at radius 3 is 2.86 bits per heavy atom. The van der Waals surface area contributed by atoms with Crippen LogP contribution in [0.2, 0.25) is 0 Å². The first-order valence-corrected chi connectivity index (χ1v) is 8.03. The monoisotopic (exact) mass is 291 g/mol. The van der Waals surface area contributed by atoms with Crippen LogP contribution in [0.4, 0.5) is 0 Å². The van der Waals surface area contributed by atoms with Gasteiger partial charge < -0.3 is 19.9 Å². The third kappa shape index (κ3) is 3.69. The zero-order valence-electron chi connectivity index (χ0n) is 12.7. The van der Waals surface area contributed by atoms with Crippen molar-refractivity contribution >= 4 is 0 Å². The lowest BCUT2D eigenvalue weighted by Gasteiger charge is -2.27. The van der Waals surface area contributed by atoms with Gasteiger partial charge in [0, 0.05) is 6.04 Å². The van der Waals surface area contributed by atoms with Gasteiger partial charge in [0.15, 0.2) is 11.5 Å². The highest BCUT2D eigenvalue weighted by Gasteiger charge is 2.21. The first-order valence-electron chi connectivity index (χ1n) is 8.03. The molecule has 1 aliphatic heterocycles. The van der Waals surface area contributed by atoms with Crippen molar-refractivity contribution in [1.82, 2.24) is 5.32 Å². The van der Waals surface area contributed by atoms with Gasteiger partial charge in [0.25, 0.3) is 0 Å². The summed E-state index contributed by atoms with van der Waals surface area (Å²) in [5, 5.41) is 13.3. The van der Waals surface area contributed by atoms with Crippen molar-refractivity contribution in [2.75, 3.05) is 19.8 Å². The number of aliphatic hydroxyl groups excluding tert-OH is 1. The summed E-state index contributed by atoms with van der Waals surface area (Å²) in [6.45, 7) is 4.39. The molecule has 0 amide bonds. The van der Waals surface area contributed by atoms with Crippen LogP contribution in [-0.4, -0.2) is 31.0 Å². The van der Waals surface area contributed by atoms with E-state index in [4.69, 9.17) is 9.47 Å². The number of fused-ring (bicyclic) bond motifs is 1. The maximum atomic E-state index is 9.74. The Kier molecular flexibility index (Phi) is 4.66. The Morgan fingerprint density at radius 1 is 1.24 bits per heavy atom. The summed E-state index contributed by atoms with van der Waals surface area (Å²) in [7, 11) is 0. The molecule has 3 unspecified atom stereocenters. The lowest BCUT2D eigenvalue weighted by Crippen LogP contribution is -2.30. The number of rotatable bonds is 4. The largest absolute Gasteiger partial charge is 0.486 e. The summed E-state index contributed by atoms with van der Waals surface area (Å²) < 4.78 is 11.2. The smallest absolute Gasteiger partial charge is 0.161 e. The first-order chi connectivity index (χ1) is 10.2. The molecule has 116 valence electrons. The lowest BCUT2D eigenvalue weighted by atomic mass is 9.87. The average Bonchev–Trinajstić information content (AvgIpc) is 2.52. The molecule has 2 aliphatic rings. The van der Waals surface area contributed by atoms with E-state index in [1.807, 2.05) is 6.07 Å². The Bertz CT molecular complexity index is 477. The van der Waals surface area contributed by atoms with Gasteiger partial charge >= 0.3 is 0 Å². The highest BCUT2D eigenvalue weighted by Crippen LogP contribution is 2.32. The van der Waals surface area contributed by atoms with Gasteiger partial charge in [-0.3, -0.25) is 0 Å². The molecule has 21 heavy (non-hydrogen) atoms. The SMILES string of the molecule is CC(NCC1CCCC(O)C1)c1ccc2c(c1)OCCO2. The van der Waals surface area contributed by atoms with E-state index in [1.165, 1.54) is 12.0 Å². The van der Waals surface area contributed by atoms with E-state index in [0.717, 1.165) is 37.3 Å². The molecule has 3 rings (SSSR count). The molecule has 4 heteroatoms. The van der Waals surface area contributed by atoms with Gasteiger partial charge in [-0.25, -0.2) is 0 Å². The van der Waals surface area contributed by atoms with E-state index in [0.29, 0.717) is 19.1 Å². The Hall–Kier alpha value is -1.26. The van der Waals surface area contributed by atoms with Gasteiger partial charge in [0.05, 0.1) is 6.10 Å². The van der Waals surface area contributed by atoms with Crippen LogP contribution in [0.25, 0.3) is 0 Å². The summed E-state index contributed by atoms with van der Waals surface area (Å²) in [5.41, 5.74) is 1.22. The average molecular weight is 291 g/mol. The number of nitrogens with one attached hydrogen (secondary N) is 1. The van der Waals surface area contributed by atoms with Crippen LogP contribution in [-0.2, 0) is 0 Å². The molecule has 0 radical (unpaired) electrons. The molecular formula is C17H25NO3. The fourth-order valence-corrected chi connectivity index (χ4v) is 3.24. The molecule has 4 nitrogen and oxygen atoms in total. The number of hydrogen-bond donors (Lipinski definition) is 2. The zero-order valence-corrected chi connectivity index (χ0v) is 12.7. The predicted octanol–water partition coefficient (Wildman–Crippen LogP) is 2.66. The van der Waals surface area contributed by atoms with Gasteiger partial charge in [-0.2, -0.15) is 0 Å². The Balaban J connectivity index is 1.56. The topological polar surface area (TPSA) is 50.7 Å². The van der Waals surface area contributed by atoms with Crippen molar-refractivity contribution in [1.29, 1.82) is 0 Å². The number of hydrogen-bond acceptors (Lipinski definition) is 4. The molecule has 0 spiro atoms. The standard InChI is InChI=1S/C17H25NO3/c1-12(18-11-13-3-2-4-15(19)9-13)14-5-6-16-17(10-14)21-8-7-20-16/h5-6,10,12-13,15,18-19H,2-4,7-9,11H2,1H3. The molecule has 0 saturated heterocycles. The second-order valence-corrected chi connectivity index (χ2v) is 6.22. The molecule has 1 heterocycles. The summed E-state index contributed by atoms with van der Waals surface area (Å²) >= 11 is 0. The fraction of sp³-hybridized carbons (Fsp3) is 0.647. The molecular weight excluding hydrogens is 266 g/mol. The van der Waals surface area contributed by atoms with Crippen molar-refractivity contribution in [3.63, 3.8) is 0 Å². The van der Waals surface area contributed by atoms with Crippen LogP contribution in [0.15, 0.2) is 18.2 Å². The highest BCUT2D eigenvalue weighted by molar-refractivity contribution is 5.44. The molecule has 1 aromatic carbocycles. The summed E-state index contributed by atoms with van der Waals surface area (Å²) in [6, 6.07) is 6.44. The van der Waals surface area contributed by atoms with Crippen LogP contribution >= 0.6 is 0 Å². The van der Waals surface area contributed by atoms with E-state index in [9.17, 15) is 5.11 Å². The summed E-state index contributed by atoms with van der Waals surface area (Å²) in [6.07, 6.45) is 4.16. The number of ether oxygens (including phenoxy) is 2. The van der Waals surface area contributed by atoms with Crippen molar-refractivity contribution in [3.8, 4) is 11.5 Å². The molecule has 0 aromatic heterocycles. The minimum Gasteiger partial charge on any atom is -0.486 e. The van der Waals surface area contributed by atoms with Gasteiger partial charge in [0.1, 0.15) is 13.2 Å². The van der Waals surface area contributed by atoms with Crippen LogP contribution < -0.4 is 14.8 Å². The quantitative estimate of drug-likeness (QED) is 0.895. The third-order valence-electron chi connectivity index (χ3n) is 4.53. The van der Waals surface area contributed by atoms with Crippen LogP contribution in [0.1, 0.15) is 44.2 Å². The van der Waals surface area contributed by atoms with E-state index < -0.39 is 0 Å². The normalized spacial score (nSPS) is 26.4. The molecule has 2 N–H and O–H groups in total. The molecule has 1 aromatic rings. The molecule has 1 fully saturated rings. The van der Waals surface area contributed by atoms with E-state index in [2.05, 4.69) is 24.4 Å². The lowest BCUT2D eigenvalue weighted by molar-refractivity contribution is 0.0998. The summed E-state index contributed by atoms with van der Waals surface area (Å²) in [5.74, 6) is 2.28. The second kappa shape index (κ2) is 6.67. The highest BCUT2D eigenvalue weighted by atomic mass is 16.6. The Morgan fingerprint density at radius 2 is 2.05 bits per heavy atom. The molecule has 1 saturated carbocycles. The van der Waals surface area contributed by atoms with E-state index >= 15 is 0 Å². The first kappa shape index (κ1) is 14.7. The zero-order chi connectivity index (χ0) is 14.7. The van der Waals surface area contributed by atoms with E-state index in [-0.39, 0.29) is 12.1 Å². The minimum absolute atomic E-state index is 0.102. The fourth-order valence-electron chi connectivity index (χ4n) is 3.24. The van der Waals surface area contributed by atoms with Crippen LogP contribution in [0.3, 0.4) is 0 Å². The van der Waals surface area contributed by atoms with Crippen LogP contribution in [0.5, 0.6) is 11.5 Å². The second-order valence-electron chi connectivity index (χ2n) is 6.22. The van der Waals surface area contributed by atoms with Crippen LogP contribution in [0, 0.1) is 5.92 Å². The van der Waals surface area contributed by atoms with Crippen molar-refractivity contribution in [2.24, 2.45) is 5.92 Å². The van der Waals surface area contributed by atoms with Gasteiger partial charge in [-0.05, 0) is 56.3 Å². The molecule has 1 aliphatic carbocycles. The van der Waals surface area contributed by atoms with Gasteiger partial charge in [-0.1, -0.05) is 12.5 Å².